The van der Waals surface area contributed by atoms with E-state index in [1.165, 1.54) is 0 Å². The summed E-state index contributed by atoms with van der Waals surface area (Å²) in [5.41, 5.74) is 3.25. The molecule has 4 heteroatoms. The largest absolute Gasteiger partial charge is 0.396 e. The zero-order valence-corrected chi connectivity index (χ0v) is 11.4. The standard InChI is InChI=1S/C15H20O4/c1-9-12(3-4-16)11(7-17)5-10-6-15(2,8-18)14(19)13(9)10/h5,16-18H,3-4,6-8H2,1-2H3/t15-/m0/s1. The number of aliphatic hydroxyl groups excluding tert-OH is 3. The lowest BCUT2D eigenvalue weighted by Gasteiger charge is -2.17. The summed E-state index contributed by atoms with van der Waals surface area (Å²) in [6, 6.07) is 1.84. The van der Waals surface area contributed by atoms with E-state index in [2.05, 4.69) is 0 Å². The van der Waals surface area contributed by atoms with Crippen molar-refractivity contribution in [2.45, 2.75) is 33.3 Å². The van der Waals surface area contributed by atoms with Crippen molar-refractivity contribution in [2.75, 3.05) is 13.2 Å². The predicted octanol–water partition coefficient (Wildman–Crippen LogP) is 0.760. The van der Waals surface area contributed by atoms with Gasteiger partial charge >= 0.3 is 0 Å². The Morgan fingerprint density at radius 1 is 1.32 bits per heavy atom. The van der Waals surface area contributed by atoms with Gasteiger partial charge in [0.25, 0.3) is 0 Å². The topological polar surface area (TPSA) is 77.8 Å². The zero-order valence-electron chi connectivity index (χ0n) is 11.4. The number of rotatable bonds is 4. The number of fused-ring (bicyclic) bond motifs is 1. The van der Waals surface area contributed by atoms with Crippen molar-refractivity contribution < 1.29 is 20.1 Å². The number of hydrogen-bond donors (Lipinski definition) is 3. The van der Waals surface area contributed by atoms with E-state index in [9.17, 15) is 15.0 Å². The lowest BCUT2D eigenvalue weighted by atomic mass is 9.86. The maximum absolute atomic E-state index is 12.4. The van der Waals surface area contributed by atoms with Crippen molar-refractivity contribution in [1.29, 1.82) is 0 Å². The van der Waals surface area contributed by atoms with Crippen molar-refractivity contribution in [1.82, 2.24) is 0 Å². The van der Waals surface area contributed by atoms with Gasteiger partial charge in [-0.05, 0) is 48.9 Å². The van der Waals surface area contributed by atoms with Crippen LogP contribution in [0.4, 0.5) is 0 Å². The van der Waals surface area contributed by atoms with Crippen molar-refractivity contribution in [3.05, 3.63) is 33.9 Å². The fraction of sp³-hybridized carbons (Fsp3) is 0.533. The van der Waals surface area contributed by atoms with Crippen LogP contribution < -0.4 is 0 Å². The van der Waals surface area contributed by atoms with Gasteiger partial charge in [-0.25, -0.2) is 0 Å². The lowest BCUT2D eigenvalue weighted by molar-refractivity contribution is 0.0722. The molecule has 19 heavy (non-hydrogen) atoms. The van der Waals surface area contributed by atoms with Crippen LogP contribution in [0.1, 0.15) is 39.5 Å². The molecule has 0 bridgehead atoms. The second-order valence-electron chi connectivity index (χ2n) is 5.53. The number of carbonyl (C=O) groups is 1. The molecule has 0 aromatic heterocycles. The fourth-order valence-corrected chi connectivity index (χ4v) is 2.99. The molecule has 2 rings (SSSR count). The van der Waals surface area contributed by atoms with Gasteiger partial charge < -0.3 is 15.3 Å². The first-order valence-electron chi connectivity index (χ1n) is 6.50. The maximum Gasteiger partial charge on any atom is 0.171 e. The average Bonchev–Trinajstić information content (AvgIpc) is 2.66. The number of Topliss-reactive ketones (excluding diaryl/α,β-unsaturated/α-hetero) is 1. The summed E-state index contributed by atoms with van der Waals surface area (Å²) in [6.45, 7) is 3.32. The molecule has 0 spiro atoms. The monoisotopic (exact) mass is 264 g/mol. The molecule has 0 unspecified atom stereocenters. The average molecular weight is 264 g/mol. The first-order valence-corrected chi connectivity index (χ1v) is 6.50. The number of benzene rings is 1. The van der Waals surface area contributed by atoms with Crippen molar-refractivity contribution in [2.24, 2.45) is 5.41 Å². The minimum absolute atomic E-state index is 0.0158. The summed E-state index contributed by atoms with van der Waals surface area (Å²) in [5, 5.41) is 28.0. The third-order valence-corrected chi connectivity index (χ3v) is 4.12. The molecular weight excluding hydrogens is 244 g/mol. The van der Waals surface area contributed by atoms with E-state index in [1.807, 2.05) is 13.0 Å². The van der Waals surface area contributed by atoms with Crippen LogP contribution >= 0.6 is 0 Å². The van der Waals surface area contributed by atoms with Gasteiger partial charge in [0.05, 0.1) is 18.6 Å². The van der Waals surface area contributed by atoms with E-state index in [1.54, 1.807) is 6.92 Å². The van der Waals surface area contributed by atoms with Gasteiger partial charge in [0, 0.05) is 12.2 Å². The van der Waals surface area contributed by atoms with Crippen molar-refractivity contribution >= 4 is 5.78 Å². The van der Waals surface area contributed by atoms with E-state index >= 15 is 0 Å². The molecule has 1 aliphatic carbocycles. The number of aliphatic hydroxyl groups is 3. The molecule has 0 amide bonds. The Balaban J connectivity index is 2.61. The molecule has 1 atom stereocenters. The van der Waals surface area contributed by atoms with Crippen LogP contribution in [0.15, 0.2) is 6.07 Å². The summed E-state index contributed by atoms with van der Waals surface area (Å²) >= 11 is 0. The number of hydrogen-bond acceptors (Lipinski definition) is 4. The Kier molecular flexibility index (Phi) is 3.76. The Bertz CT molecular complexity index is 521. The molecule has 0 heterocycles. The number of ketones is 1. The highest BCUT2D eigenvalue weighted by atomic mass is 16.3. The number of carbonyl (C=O) groups excluding carboxylic acids is 1. The highest BCUT2D eigenvalue weighted by Gasteiger charge is 2.42. The molecule has 1 aromatic carbocycles. The normalized spacial score (nSPS) is 21.8. The third kappa shape index (κ3) is 2.10. The highest BCUT2D eigenvalue weighted by molar-refractivity contribution is 6.06. The predicted molar refractivity (Wildman–Crippen MR) is 71.1 cm³/mol. The Labute approximate surface area is 112 Å². The fourth-order valence-electron chi connectivity index (χ4n) is 2.99. The van der Waals surface area contributed by atoms with Crippen LogP contribution in [0.25, 0.3) is 0 Å². The molecular formula is C15H20O4. The van der Waals surface area contributed by atoms with Crippen LogP contribution in [0, 0.1) is 12.3 Å². The first-order chi connectivity index (χ1) is 8.98. The Hall–Kier alpha value is -1.23. The summed E-state index contributed by atoms with van der Waals surface area (Å²) in [6.07, 6.45) is 0.934. The van der Waals surface area contributed by atoms with Gasteiger partial charge in [0.2, 0.25) is 0 Å². The molecule has 1 aromatic rings. The summed E-state index contributed by atoms with van der Waals surface area (Å²) in [7, 11) is 0. The van der Waals surface area contributed by atoms with Crippen LogP contribution in [-0.2, 0) is 19.4 Å². The van der Waals surface area contributed by atoms with E-state index in [4.69, 9.17) is 5.11 Å². The van der Waals surface area contributed by atoms with Gasteiger partial charge in [0.15, 0.2) is 5.78 Å². The molecule has 0 fully saturated rings. The molecule has 4 nitrogen and oxygen atoms in total. The van der Waals surface area contributed by atoms with E-state index in [0.29, 0.717) is 18.4 Å². The minimum Gasteiger partial charge on any atom is -0.396 e. The maximum atomic E-state index is 12.4. The van der Waals surface area contributed by atoms with Gasteiger partial charge in [-0.3, -0.25) is 4.79 Å². The smallest absolute Gasteiger partial charge is 0.171 e. The van der Waals surface area contributed by atoms with Crippen molar-refractivity contribution in [3.63, 3.8) is 0 Å². The second-order valence-corrected chi connectivity index (χ2v) is 5.53. The summed E-state index contributed by atoms with van der Waals surface area (Å²) in [5.74, 6) is -0.0359. The van der Waals surface area contributed by atoms with Crippen LogP contribution in [-0.4, -0.2) is 34.3 Å². The van der Waals surface area contributed by atoms with Gasteiger partial charge in [0.1, 0.15) is 0 Å². The zero-order chi connectivity index (χ0) is 14.2. The molecule has 0 radical (unpaired) electrons. The van der Waals surface area contributed by atoms with Gasteiger partial charge in [-0.2, -0.15) is 0 Å². The van der Waals surface area contributed by atoms with Gasteiger partial charge in [-0.15, -0.1) is 0 Å². The van der Waals surface area contributed by atoms with Crippen LogP contribution in [0.5, 0.6) is 0 Å². The SMILES string of the molecule is Cc1c(CCO)c(CO)cc2c1C(=O)[C@](C)(CO)C2. The van der Waals surface area contributed by atoms with E-state index < -0.39 is 5.41 Å². The lowest BCUT2D eigenvalue weighted by Crippen LogP contribution is -2.28. The molecule has 0 saturated heterocycles. The van der Waals surface area contributed by atoms with E-state index in [0.717, 1.165) is 22.3 Å². The molecule has 3 N–H and O–H groups in total. The quantitative estimate of drug-likeness (QED) is 0.750. The van der Waals surface area contributed by atoms with E-state index in [-0.39, 0.29) is 25.6 Å². The molecule has 0 aliphatic heterocycles. The summed E-state index contributed by atoms with van der Waals surface area (Å²) in [4.78, 5) is 12.4. The minimum atomic E-state index is -0.752. The first kappa shape index (κ1) is 14.2. The van der Waals surface area contributed by atoms with Crippen LogP contribution in [0.2, 0.25) is 0 Å². The summed E-state index contributed by atoms with van der Waals surface area (Å²) < 4.78 is 0. The van der Waals surface area contributed by atoms with Crippen LogP contribution in [0.3, 0.4) is 0 Å². The third-order valence-electron chi connectivity index (χ3n) is 4.12. The second kappa shape index (κ2) is 5.04. The Morgan fingerprint density at radius 3 is 2.53 bits per heavy atom. The molecule has 0 saturated carbocycles. The molecule has 1 aliphatic rings. The molecule has 104 valence electrons. The highest BCUT2D eigenvalue weighted by Crippen LogP contribution is 2.40. The Morgan fingerprint density at radius 2 is 2.00 bits per heavy atom. The van der Waals surface area contributed by atoms with Gasteiger partial charge in [-0.1, -0.05) is 6.07 Å². The van der Waals surface area contributed by atoms with Crippen molar-refractivity contribution in [3.8, 4) is 0 Å².